The van der Waals surface area contributed by atoms with Gasteiger partial charge < -0.3 is 15.3 Å². The van der Waals surface area contributed by atoms with Crippen molar-refractivity contribution in [2.75, 3.05) is 25.0 Å². The number of anilines is 1. The molecule has 1 aromatic carbocycles. The van der Waals surface area contributed by atoms with Gasteiger partial charge in [0, 0.05) is 18.8 Å². The van der Waals surface area contributed by atoms with E-state index < -0.39 is 17.6 Å². The van der Waals surface area contributed by atoms with Crippen LogP contribution in [-0.4, -0.2) is 41.5 Å². The van der Waals surface area contributed by atoms with Crippen molar-refractivity contribution >= 4 is 17.5 Å². The van der Waals surface area contributed by atoms with Crippen molar-refractivity contribution < 1.29 is 19.1 Å². The third-order valence-electron chi connectivity index (χ3n) is 2.99. The second-order valence-electron chi connectivity index (χ2n) is 4.68. The number of amides is 2. The maximum absolute atomic E-state index is 12.8. The standard InChI is InChI=1S/C15H21FN2O3/c1-2-3-4-9-18(10-11-19)15(21)14(20)17-13-7-5-12(16)6-8-13/h5-8,19H,2-4,9-11H2,1H3,(H,17,20). The average molecular weight is 296 g/mol. The van der Waals surface area contributed by atoms with E-state index >= 15 is 0 Å². The van der Waals surface area contributed by atoms with Crippen LogP contribution in [0.1, 0.15) is 26.2 Å². The van der Waals surface area contributed by atoms with Crippen LogP contribution < -0.4 is 5.32 Å². The zero-order chi connectivity index (χ0) is 15.7. The van der Waals surface area contributed by atoms with E-state index in [1.165, 1.54) is 29.2 Å². The summed E-state index contributed by atoms with van der Waals surface area (Å²) < 4.78 is 12.8. The molecule has 1 rings (SSSR count). The molecular weight excluding hydrogens is 275 g/mol. The monoisotopic (exact) mass is 296 g/mol. The van der Waals surface area contributed by atoms with Crippen LogP contribution >= 0.6 is 0 Å². The molecule has 0 unspecified atom stereocenters. The molecule has 1 aromatic rings. The molecular formula is C15H21FN2O3. The molecule has 0 heterocycles. The number of unbranched alkanes of at least 4 members (excludes halogenated alkanes) is 2. The fourth-order valence-electron chi connectivity index (χ4n) is 1.85. The summed E-state index contributed by atoms with van der Waals surface area (Å²) in [5.74, 6) is -1.89. The number of carbonyl (C=O) groups is 2. The van der Waals surface area contributed by atoms with Crippen LogP contribution in [0.5, 0.6) is 0 Å². The molecule has 2 N–H and O–H groups in total. The van der Waals surface area contributed by atoms with E-state index in [1.54, 1.807) is 0 Å². The number of aliphatic hydroxyl groups is 1. The van der Waals surface area contributed by atoms with E-state index in [1.807, 2.05) is 6.92 Å². The van der Waals surface area contributed by atoms with Gasteiger partial charge in [-0.15, -0.1) is 0 Å². The maximum Gasteiger partial charge on any atom is 0.313 e. The molecule has 0 aliphatic heterocycles. The lowest BCUT2D eigenvalue weighted by Crippen LogP contribution is -2.41. The van der Waals surface area contributed by atoms with Gasteiger partial charge in [0.25, 0.3) is 0 Å². The van der Waals surface area contributed by atoms with Crippen LogP contribution in [0, 0.1) is 5.82 Å². The number of hydrogen-bond donors (Lipinski definition) is 2. The normalized spacial score (nSPS) is 10.2. The van der Waals surface area contributed by atoms with Gasteiger partial charge in [0.2, 0.25) is 0 Å². The summed E-state index contributed by atoms with van der Waals surface area (Å²) in [6, 6.07) is 5.17. The third-order valence-corrected chi connectivity index (χ3v) is 2.99. The Hall–Kier alpha value is -1.95. The number of halogens is 1. The topological polar surface area (TPSA) is 69.6 Å². The van der Waals surface area contributed by atoms with Crippen molar-refractivity contribution in [1.82, 2.24) is 4.90 Å². The van der Waals surface area contributed by atoms with E-state index in [0.29, 0.717) is 12.2 Å². The Labute approximate surface area is 123 Å². The van der Waals surface area contributed by atoms with Crippen LogP contribution in [0.3, 0.4) is 0 Å². The largest absolute Gasteiger partial charge is 0.395 e. The first kappa shape index (κ1) is 17.1. The summed E-state index contributed by atoms with van der Waals surface area (Å²) in [6.07, 6.45) is 2.74. The van der Waals surface area contributed by atoms with Crippen LogP contribution in [0.2, 0.25) is 0 Å². The minimum atomic E-state index is -0.786. The number of benzene rings is 1. The number of carbonyl (C=O) groups excluding carboxylic acids is 2. The predicted octanol–water partition coefficient (Wildman–Crippen LogP) is 1.78. The molecule has 0 aliphatic carbocycles. The quantitative estimate of drug-likeness (QED) is 0.595. The first-order valence-corrected chi connectivity index (χ1v) is 7.05. The van der Waals surface area contributed by atoms with E-state index in [4.69, 9.17) is 5.11 Å². The molecule has 0 saturated heterocycles. The second kappa shape index (κ2) is 9.07. The number of nitrogens with one attached hydrogen (secondary N) is 1. The average Bonchev–Trinajstić information content (AvgIpc) is 2.48. The van der Waals surface area contributed by atoms with Crippen LogP contribution in [0.15, 0.2) is 24.3 Å². The van der Waals surface area contributed by atoms with E-state index in [-0.39, 0.29) is 13.2 Å². The first-order valence-electron chi connectivity index (χ1n) is 7.05. The summed E-state index contributed by atoms with van der Waals surface area (Å²) in [5, 5.41) is 11.4. The molecule has 5 nitrogen and oxygen atoms in total. The van der Waals surface area contributed by atoms with Gasteiger partial charge in [-0.2, -0.15) is 0 Å². The summed E-state index contributed by atoms with van der Waals surface area (Å²) in [7, 11) is 0. The zero-order valence-corrected chi connectivity index (χ0v) is 12.1. The minimum Gasteiger partial charge on any atom is -0.395 e. The third kappa shape index (κ3) is 5.91. The fourth-order valence-corrected chi connectivity index (χ4v) is 1.85. The Bertz CT molecular complexity index is 462. The highest BCUT2D eigenvalue weighted by Gasteiger charge is 2.21. The van der Waals surface area contributed by atoms with Gasteiger partial charge in [-0.05, 0) is 30.7 Å². The SMILES string of the molecule is CCCCCN(CCO)C(=O)C(=O)Nc1ccc(F)cc1. The summed E-state index contributed by atoms with van der Waals surface area (Å²) in [4.78, 5) is 25.2. The molecule has 0 fully saturated rings. The number of hydrogen-bond acceptors (Lipinski definition) is 3. The first-order chi connectivity index (χ1) is 10.1. The van der Waals surface area contributed by atoms with Crippen LogP contribution in [0.4, 0.5) is 10.1 Å². The predicted molar refractivity (Wildman–Crippen MR) is 78.2 cm³/mol. The van der Waals surface area contributed by atoms with Gasteiger partial charge in [-0.25, -0.2) is 4.39 Å². The molecule has 0 spiro atoms. The molecule has 0 bridgehead atoms. The zero-order valence-electron chi connectivity index (χ0n) is 12.1. The molecule has 21 heavy (non-hydrogen) atoms. The van der Waals surface area contributed by atoms with E-state index in [0.717, 1.165) is 19.3 Å². The fraction of sp³-hybridized carbons (Fsp3) is 0.467. The lowest BCUT2D eigenvalue weighted by Gasteiger charge is -2.21. The summed E-state index contributed by atoms with van der Waals surface area (Å²) >= 11 is 0. The lowest BCUT2D eigenvalue weighted by molar-refractivity contribution is -0.143. The molecule has 0 radical (unpaired) electrons. The van der Waals surface area contributed by atoms with Gasteiger partial charge in [-0.3, -0.25) is 9.59 Å². The smallest absolute Gasteiger partial charge is 0.313 e. The van der Waals surface area contributed by atoms with Gasteiger partial charge in [-0.1, -0.05) is 19.8 Å². The van der Waals surface area contributed by atoms with Crippen molar-refractivity contribution in [3.8, 4) is 0 Å². The van der Waals surface area contributed by atoms with E-state index in [9.17, 15) is 14.0 Å². The maximum atomic E-state index is 12.8. The highest BCUT2D eigenvalue weighted by atomic mass is 19.1. The van der Waals surface area contributed by atoms with Gasteiger partial charge in [0.05, 0.1) is 6.61 Å². The number of nitrogens with zero attached hydrogens (tertiary/aromatic N) is 1. The molecule has 0 atom stereocenters. The highest BCUT2D eigenvalue weighted by molar-refractivity contribution is 6.39. The molecule has 0 aromatic heterocycles. The second-order valence-corrected chi connectivity index (χ2v) is 4.68. The van der Waals surface area contributed by atoms with Crippen molar-refractivity contribution in [3.63, 3.8) is 0 Å². The van der Waals surface area contributed by atoms with Gasteiger partial charge in [0.15, 0.2) is 0 Å². The van der Waals surface area contributed by atoms with Crippen LogP contribution in [0.25, 0.3) is 0 Å². The van der Waals surface area contributed by atoms with Gasteiger partial charge in [0.1, 0.15) is 5.82 Å². The lowest BCUT2D eigenvalue weighted by atomic mass is 10.2. The number of rotatable bonds is 7. The van der Waals surface area contributed by atoms with Crippen molar-refractivity contribution in [2.24, 2.45) is 0 Å². The number of aliphatic hydroxyl groups excluding tert-OH is 1. The molecule has 0 aliphatic rings. The molecule has 116 valence electrons. The van der Waals surface area contributed by atoms with Crippen LogP contribution in [-0.2, 0) is 9.59 Å². The Morgan fingerprint density at radius 3 is 2.43 bits per heavy atom. The van der Waals surface area contributed by atoms with Crippen molar-refractivity contribution in [1.29, 1.82) is 0 Å². The highest BCUT2D eigenvalue weighted by Crippen LogP contribution is 2.08. The Morgan fingerprint density at radius 1 is 1.19 bits per heavy atom. The summed E-state index contributed by atoms with van der Waals surface area (Å²) in [5.41, 5.74) is 0.354. The molecule has 2 amide bonds. The molecule has 6 heteroatoms. The van der Waals surface area contributed by atoms with E-state index in [2.05, 4.69) is 5.32 Å². The van der Waals surface area contributed by atoms with Crippen molar-refractivity contribution in [2.45, 2.75) is 26.2 Å². The minimum absolute atomic E-state index is 0.124. The van der Waals surface area contributed by atoms with Crippen molar-refractivity contribution in [3.05, 3.63) is 30.1 Å². The summed E-state index contributed by atoms with van der Waals surface area (Å²) in [6.45, 7) is 2.41. The van der Waals surface area contributed by atoms with Gasteiger partial charge >= 0.3 is 11.8 Å². The Kier molecular flexibility index (Phi) is 7.39. The Balaban J connectivity index is 2.60. The Morgan fingerprint density at radius 2 is 1.86 bits per heavy atom. The molecule has 0 saturated carbocycles.